The fourth-order valence-corrected chi connectivity index (χ4v) is 7.65. The van der Waals surface area contributed by atoms with Crippen molar-refractivity contribution < 1.29 is 37.9 Å². The second-order valence-electron chi connectivity index (χ2n) is 10.3. The number of imide groups is 4. The Kier molecular flexibility index (Phi) is 5.66. The largest absolute Gasteiger partial charge is 0.505 e. The van der Waals surface area contributed by atoms with Crippen LogP contribution in [0.15, 0.2) is 54.1 Å². The van der Waals surface area contributed by atoms with Gasteiger partial charge in [0.25, 0.3) is 11.8 Å². The Morgan fingerprint density at radius 3 is 2.30 bits per heavy atom. The Morgan fingerprint density at radius 1 is 0.975 bits per heavy atom. The highest BCUT2D eigenvalue weighted by molar-refractivity contribution is 6.58. The average Bonchev–Trinajstić information content (AvgIpc) is 3.25. The topological polar surface area (TPSA) is 138 Å². The highest BCUT2D eigenvalue weighted by atomic mass is 35.5. The maximum absolute atomic E-state index is 14.6. The number of allylic oxidation sites excluding steroid dienone is 2. The lowest BCUT2D eigenvalue weighted by molar-refractivity contribution is -0.136. The van der Waals surface area contributed by atoms with Crippen LogP contribution in [0.4, 0.5) is 19.3 Å². The number of nitrogens with zero attached hydrogens (tertiary/aromatic N) is 2. The smallest absolute Gasteiger partial charge is 0.328 e. The molecular weight excluding hydrogens is 571 g/mol. The summed E-state index contributed by atoms with van der Waals surface area (Å²) in [7, 11) is 0. The molecule has 6 atom stereocenters. The van der Waals surface area contributed by atoms with E-state index in [2.05, 4.69) is 0 Å². The minimum Gasteiger partial charge on any atom is -0.505 e. The number of alkyl halides is 2. The summed E-state index contributed by atoms with van der Waals surface area (Å²) in [6.07, 6.45) is 1.09. The van der Waals surface area contributed by atoms with Crippen molar-refractivity contribution in [3.8, 4) is 5.75 Å². The highest BCUT2D eigenvalue weighted by Gasteiger charge is 2.77. The van der Waals surface area contributed by atoms with Gasteiger partial charge in [0.2, 0.25) is 11.8 Å². The van der Waals surface area contributed by atoms with Gasteiger partial charge in [-0.25, -0.2) is 18.5 Å². The molecule has 2 heterocycles. The first-order valence-corrected chi connectivity index (χ1v) is 13.0. The molecule has 0 spiro atoms. The monoisotopic (exact) mass is 589 g/mol. The molecule has 2 aromatic carbocycles. The quantitative estimate of drug-likeness (QED) is 0.313. The molecule has 2 aliphatic carbocycles. The van der Waals surface area contributed by atoms with Crippen molar-refractivity contribution in [1.29, 1.82) is 0 Å². The first-order chi connectivity index (χ1) is 18.8. The van der Waals surface area contributed by atoms with Gasteiger partial charge in [-0.05, 0) is 49.1 Å². The van der Waals surface area contributed by atoms with E-state index in [9.17, 15) is 37.9 Å². The summed E-state index contributed by atoms with van der Waals surface area (Å²) in [6, 6.07) is 6.74. The number of primary amides is 1. The Labute approximate surface area is 235 Å². The van der Waals surface area contributed by atoms with Gasteiger partial charge in [-0.1, -0.05) is 23.8 Å². The maximum Gasteiger partial charge on any atom is 0.328 e. The third kappa shape index (κ3) is 3.15. The van der Waals surface area contributed by atoms with Crippen molar-refractivity contribution in [1.82, 2.24) is 4.90 Å². The van der Waals surface area contributed by atoms with E-state index in [1.807, 2.05) is 0 Å². The number of aromatic hydroxyl groups is 1. The lowest BCUT2D eigenvalue weighted by atomic mass is 9.56. The molecular formula is C27H19Cl2F2N3O6. The van der Waals surface area contributed by atoms with Crippen molar-refractivity contribution in [2.45, 2.75) is 28.5 Å². The van der Waals surface area contributed by atoms with Gasteiger partial charge in [-0.15, -0.1) is 23.2 Å². The zero-order valence-electron chi connectivity index (χ0n) is 20.3. The van der Waals surface area contributed by atoms with E-state index < -0.39 is 86.9 Å². The third-order valence-corrected chi connectivity index (χ3v) is 9.86. The average molecular weight is 590 g/mol. The van der Waals surface area contributed by atoms with Gasteiger partial charge in [0.15, 0.2) is 21.3 Å². The second kappa shape index (κ2) is 8.58. The van der Waals surface area contributed by atoms with Gasteiger partial charge in [0.05, 0.1) is 17.5 Å². The molecule has 0 bridgehead atoms. The third-order valence-electron chi connectivity index (χ3n) is 8.45. The molecule has 6 amide bonds. The molecule has 0 aromatic heterocycles. The zero-order valence-corrected chi connectivity index (χ0v) is 21.8. The molecule has 1 saturated carbocycles. The first-order valence-electron chi connectivity index (χ1n) is 12.2. The number of hydrogen-bond acceptors (Lipinski definition) is 6. The molecule has 6 rings (SSSR count). The minimum absolute atomic E-state index is 0.0325. The number of nitrogens with two attached hydrogens (primary N) is 1. The molecule has 2 saturated heterocycles. The lowest BCUT2D eigenvalue weighted by Crippen LogP contribution is -2.60. The summed E-state index contributed by atoms with van der Waals surface area (Å²) in [6.45, 7) is 0. The van der Waals surface area contributed by atoms with Gasteiger partial charge in [-0.2, -0.15) is 4.90 Å². The van der Waals surface area contributed by atoms with Crippen molar-refractivity contribution in [2.75, 3.05) is 4.90 Å². The Morgan fingerprint density at radius 2 is 1.65 bits per heavy atom. The van der Waals surface area contributed by atoms with Crippen LogP contribution in [0.25, 0.3) is 0 Å². The number of carbonyl (C=O) groups is 5. The SMILES string of the molecule is NC(=O)N1C(=O)C2CC=C3C(CC4(Cl)C(=O)N(c5ccc(F)cc5)C(=O)C4(Cl)C3c3cccc(F)c3O)C2C1=O. The first kappa shape index (κ1) is 26.4. The molecule has 40 heavy (non-hydrogen) atoms. The summed E-state index contributed by atoms with van der Waals surface area (Å²) < 4.78 is 28.3. The number of hydrogen-bond donors (Lipinski definition) is 2. The fraction of sp³-hybridized carbons (Fsp3) is 0.296. The van der Waals surface area contributed by atoms with E-state index in [0.717, 1.165) is 18.2 Å². The number of likely N-dealkylation sites (tertiary alicyclic amines) is 1. The lowest BCUT2D eigenvalue weighted by Gasteiger charge is -2.50. The Hall–Kier alpha value is -3.83. The Bertz CT molecular complexity index is 1580. The normalized spacial score (nSPS) is 33.0. The number of anilines is 1. The summed E-state index contributed by atoms with van der Waals surface area (Å²) in [5.41, 5.74) is 5.38. The fourth-order valence-electron chi connectivity index (χ4n) is 6.73. The zero-order chi connectivity index (χ0) is 28.9. The molecule has 4 aliphatic rings. The number of phenolic OH excluding ortho intramolecular Hbond substituents is 1. The standard InChI is InChI=1S/C27H19Cl2F2N3O6/c28-26-10-16-13(8-9-14-18(16)22(37)34(21(14)36)25(32)40)19(15-2-1-3-17(31)20(15)35)27(26,29)24(39)33(23(26)38)12-6-4-11(30)5-7-12/h1-8,14,16,18-19,35H,9-10H2,(H2,32,40). The number of halogens is 4. The van der Waals surface area contributed by atoms with Crippen LogP contribution < -0.4 is 10.6 Å². The predicted octanol–water partition coefficient (Wildman–Crippen LogP) is 3.31. The molecule has 6 unspecified atom stereocenters. The predicted molar refractivity (Wildman–Crippen MR) is 136 cm³/mol. The van der Waals surface area contributed by atoms with E-state index in [-0.39, 0.29) is 23.2 Å². The van der Waals surface area contributed by atoms with Gasteiger partial charge in [0.1, 0.15) is 5.82 Å². The highest BCUT2D eigenvalue weighted by Crippen LogP contribution is 2.66. The number of fused-ring (bicyclic) bond motifs is 4. The molecule has 9 nitrogen and oxygen atoms in total. The molecule has 0 radical (unpaired) electrons. The van der Waals surface area contributed by atoms with Gasteiger partial charge in [0, 0.05) is 11.5 Å². The van der Waals surface area contributed by atoms with Crippen LogP contribution in [-0.4, -0.2) is 49.4 Å². The van der Waals surface area contributed by atoms with Crippen LogP contribution in [0.1, 0.15) is 24.3 Å². The van der Waals surface area contributed by atoms with Crippen LogP contribution in [0.3, 0.4) is 0 Å². The molecule has 2 aliphatic heterocycles. The molecule has 3 N–H and O–H groups in total. The summed E-state index contributed by atoms with van der Waals surface area (Å²) in [5, 5.41) is 10.8. The molecule has 13 heteroatoms. The van der Waals surface area contributed by atoms with Crippen LogP contribution in [0.5, 0.6) is 5.75 Å². The van der Waals surface area contributed by atoms with Gasteiger partial charge in [-0.3, -0.25) is 19.2 Å². The number of phenols is 1. The minimum atomic E-state index is -2.34. The number of amides is 6. The summed E-state index contributed by atoms with van der Waals surface area (Å²) in [5.74, 6) is -10.8. The van der Waals surface area contributed by atoms with Crippen LogP contribution >= 0.6 is 23.2 Å². The van der Waals surface area contributed by atoms with Crippen molar-refractivity contribution in [3.63, 3.8) is 0 Å². The van der Waals surface area contributed by atoms with Gasteiger partial charge < -0.3 is 10.8 Å². The number of urea groups is 1. The van der Waals surface area contributed by atoms with E-state index in [1.165, 1.54) is 24.3 Å². The number of rotatable bonds is 2. The summed E-state index contributed by atoms with van der Waals surface area (Å²) in [4.78, 5) is 62.7. The van der Waals surface area contributed by atoms with Crippen LogP contribution in [0.2, 0.25) is 0 Å². The van der Waals surface area contributed by atoms with Crippen molar-refractivity contribution in [3.05, 3.63) is 71.3 Å². The van der Waals surface area contributed by atoms with Crippen LogP contribution in [0, 0.1) is 29.4 Å². The molecule has 2 aromatic rings. The van der Waals surface area contributed by atoms with Crippen LogP contribution in [-0.2, 0) is 19.2 Å². The van der Waals surface area contributed by atoms with Crippen molar-refractivity contribution in [2.24, 2.45) is 23.5 Å². The number of benzene rings is 2. The molecule has 3 fully saturated rings. The van der Waals surface area contributed by atoms with E-state index in [4.69, 9.17) is 28.9 Å². The van der Waals surface area contributed by atoms with E-state index in [1.54, 1.807) is 6.08 Å². The Balaban J connectivity index is 1.59. The summed E-state index contributed by atoms with van der Waals surface area (Å²) >= 11 is 14.2. The number of para-hydroxylation sites is 1. The van der Waals surface area contributed by atoms with Gasteiger partial charge >= 0.3 is 6.03 Å². The molecule has 206 valence electrons. The maximum atomic E-state index is 14.6. The van der Waals surface area contributed by atoms with Crippen molar-refractivity contribution >= 4 is 58.5 Å². The van der Waals surface area contributed by atoms with E-state index >= 15 is 0 Å². The second-order valence-corrected chi connectivity index (χ2v) is 11.5. The van der Waals surface area contributed by atoms with E-state index in [0.29, 0.717) is 9.80 Å². The number of carbonyl (C=O) groups excluding carboxylic acids is 5.